The lowest BCUT2D eigenvalue weighted by Gasteiger charge is -2.16. The van der Waals surface area contributed by atoms with Crippen LogP contribution in [0.5, 0.6) is 0 Å². The minimum Gasteiger partial charge on any atom is -0.349 e. The summed E-state index contributed by atoms with van der Waals surface area (Å²) in [6.45, 7) is 7.95. The van der Waals surface area contributed by atoms with E-state index in [1.165, 1.54) is 11.8 Å². The van der Waals surface area contributed by atoms with Gasteiger partial charge in [-0.15, -0.1) is 10.2 Å². The smallest absolute Gasteiger partial charge is 0.230 e. The number of hydrogen-bond acceptors (Lipinski definition) is 4. The Bertz CT molecular complexity index is 1000. The third kappa shape index (κ3) is 4.56. The van der Waals surface area contributed by atoms with Crippen molar-refractivity contribution < 1.29 is 4.79 Å². The minimum atomic E-state index is -0.166. The molecule has 0 fully saturated rings. The van der Waals surface area contributed by atoms with E-state index in [1.54, 1.807) is 0 Å². The van der Waals surface area contributed by atoms with Crippen molar-refractivity contribution in [3.8, 4) is 5.69 Å². The summed E-state index contributed by atoms with van der Waals surface area (Å²) in [7, 11) is 0. The number of carbonyl (C=O) groups is 1. The molecule has 0 spiro atoms. The zero-order chi connectivity index (χ0) is 20.3. The first-order valence-corrected chi connectivity index (χ1v) is 10.4. The molecule has 7 heteroatoms. The Hall–Kier alpha value is -2.31. The number of halogens is 1. The summed E-state index contributed by atoms with van der Waals surface area (Å²) in [5.74, 6) is 0.962. The third-order valence-electron chi connectivity index (χ3n) is 4.48. The minimum absolute atomic E-state index is 0.0782. The molecule has 1 aromatic heterocycles. The highest BCUT2D eigenvalue weighted by Gasteiger charge is 2.17. The number of benzene rings is 2. The number of rotatable bonds is 6. The quantitative estimate of drug-likeness (QED) is 0.587. The summed E-state index contributed by atoms with van der Waals surface area (Å²) in [4.78, 5) is 12.5. The van der Waals surface area contributed by atoms with Crippen molar-refractivity contribution in [2.45, 2.75) is 38.9 Å². The van der Waals surface area contributed by atoms with Gasteiger partial charge in [-0.25, -0.2) is 0 Å². The zero-order valence-corrected chi connectivity index (χ0v) is 17.9. The fourth-order valence-corrected chi connectivity index (χ4v) is 4.09. The molecular formula is C21H23ClN4OS. The average Bonchev–Trinajstić information content (AvgIpc) is 3.02. The molecule has 0 saturated carbocycles. The number of thioether (sulfide) groups is 1. The van der Waals surface area contributed by atoms with Gasteiger partial charge >= 0.3 is 0 Å². The Morgan fingerprint density at radius 1 is 1.18 bits per heavy atom. The number of hydrogen-bond donors (Lipinski definition) is 1. The predicted octanol–water partition coefficient (Wildman–Crippen LogP) is 4.82. The highest BCUT2D eigenvalue weighted by atomic mass is 35.5. The molecule has 146 valence electrons. The fraction of sp³-hybridized carbons (Fsp3) is 0.286. The first kappa shape index (κ1) is 20.4. The maximum Gasteiger partial charge on any atom is 0.230 e. The second-order valence-corrected chi connectivity index (χ2v) is 8.10. The summed E-state index contributed by atoms with van der Waals surface area (Å²) < 4.78 is 2.00. The van der Waals surface area contributed by atoms with Gasteiger partial charge in [0.15, 0.2) is 5.16 Å². The number of aryl methyl sites for hydroxylation is 3. The van der Waals surface area contributed by atoms with E-state index in [1.807, 2.05) is 42.7 Å². The SMILES string of the molecule is Cc1ccc(C)c(-n2c(C)nnc2SCC(=O)NC(C)c2ccccc2Cl)c1. The van der Waals surface area contributed by atoms with Gasteiger partial charge in [-0.3, -0.25) is 9.36 Å². The standard InChI is InChI=1S/C21H23ClN4OS/c1-13-9-10-14(2)19(11-13)26-16(4)24-25-21(26)28-12-20(27)23-15(3)17-7-5-6-8-18(17)22/h5-11,15H,12H2,1-4H3,(H,23,27). The summed E-state index contributed by atoms with van der Waals surface area (Å²) in [5, 5.41) is 12.8. The van der Waals surface area contributed by atoms with Crippen LogP contribution in [-0.4, -0.2) is 26.4 Å². The largest absolute Gasteiger partial charge is 0.349 e. The maximum absolute atomic E-state index is 12.5. The van der Waals surface area contributed by atoms with E-state index in [4.69, 9.17) is 11.6 Å². The molecule has 0 aliphatic heterocycles. The van der Waals surface area contributed by atoms with Crippen LogP contribution in [-0.2, 0) is 4.79 Å². The molecule has 5 nitrogen and oxygen atoms in total. The van der Waals surface area contributed by atoms with Crippen molar-refractivity contribution in [3.63, 3.8) is 0 Å². The Morgan fingerprint density at radius 2 is 1.93 bits per heavy atom. The normalized spacial score (nSPS) is 12.0. The maximum atomic E-state index is 12.5. The van der Waals surface area contributed by atoms with Crippen molar-refractivity contribution in [2.24, 2.45) is 0 Å². The van der Waals surface area contributed by atoms with Gasteiger partial charge < -0.3 is 5.32 Å². The van der Waals surface area contributed by atoms with Gasteiger partial charge in [-0.1, -0.05) is 53.7 Å². The van der Waals surface area contributed by atoms with Gasteiger partial charge in [0.25, 0.3) is 0 Å². The van der Waals surface area contributed by atoms with E-state index in [0.717, 1.165) is 28.2 Å². The van der Waals surface area contributed by atoms with Gasteiger partial charge in [-0.2, -0.15) is 0 Å². The Balaban J connectivity index is 1.71. The number of nitrogens with zero attached hydrogens (tertiary/aromatic N) is 3. The molecule has 0 aliphatic carbocycles. The molecule has 3 rings (SSSR count). The van der Waals surface area contributed by atoms with E-state index < -0.39 is 0 Å². The van der Waals surface area contributed by atoms with E-state index in [0.29, 0.717) is 10.2 Å². The lowest BCUT2D eigenvalue weighted by Crippen LogP contribution is -2.28. The van der Waals surface area contributed by atoms with Crippen LogP contribution in [0, 0.1) is 20.8 Å². The number of aromatic nitrogens is 3. The van der Waals surface area contributed by atoms with Crippen molar-refractivity contribution in [2.75, 3.05) is 5.75 Å². The summed E-state index contributed by atoms with van der Waals surface area (Å²) in [6.07, 6.45) is 0. The van der Waals surface area contributed by atoms with Gasteiger partial charge in [0.05, 0.1) is 17.5 Å². The summed E-state index contributed by atoms with van der Waals surface area (Å²) in [5.41, 5.74) is 4.23. The van der Waals surface area contributed by atoms with Crippen molar-refractivity contribution >= 4 is 29.3 Å². The third-order valence-corrected chi connectivity index (χ3v) is 5.76. The Kier molecular flexibility index (Phi) is 6.42. The first-order valence-electron chi connectivity index (χ1n) is 9.03. The van der Waals surface area contributed by atoms with Crippen molar-refractivity contribution in [3.05, 3.63) is 70.0 Å². The highest BCUT2D eigenvalue weighted by molar-refractivity contribution is 7.99. The lowest BCUT2D eigenvalue weighted by atomic mass is 10.1. The Labute approximate surface area is 174 Å². The van der Waals surface area contributed by atoms with E-state index in [-0.39, 0.29) is 17.7 Å². The van der Waals surface area contributed by atoms with Crippen LogP contribution in [0.2, 0.25) is 5.02 Å². The van der Waals surface area contributed by atoms with Crippen LogP contribution in [0.3, 0.4) is 0 Å². The fourth-order valence-electron chi connectivity index (χ4n) is 2.99. The second-order valence-electron chi connectivity index (χ2n) is 6.75. The van der Waals surface area contributed by atoms with Crippen LogP contribution in [0.4, 0.5) is 0 Å². The predicted molar refractivity (Wildman–Crippen MR) is 114 cm³/mol. The molecular weight excluding hydrogens is 392 g/mol. The van der Waals surface area contributed by atoms with E-state index in [2.05, 4.69) is 47.6 Å². The molecule has 0 saturated heterocycles. The molecule has 1 unspecified atom stereocenters. The highest BCUT2D eigenvalue weighted by Crippen LogP contribution is 2.26. The number of amides is 1. The molecule has 0 aliphatic rings. The van der Waals surface area contributed by atoms with Gasteiger partial charge in [-0.05, 0) is 56.5 Å². The summed E-state index contributed by atoms with van der Waals surface area (Å²) in [6, 6.07) is 13.6. The number of carbonyl (C=O) groups excluding carboxylic acids is 1. The molecule has 3 aromatic rings. The monoisotopic (exact) mass is 414 g/mol. The topological polar surface area (TPSA) is 59.8 Å². The van der Waals surface area contributed by atoms with Gasteiger partial charge in [0, 0.05) is 5.02 Å². The van der Waals surface area contributed by atoms with Gasteiger partial charge in [0.1, 0.15) is 5.82 Å². The van der Waals surface area contributed by atoms with Gasteiger partial charge in [0.2, 0.25) is 5.91 Å². The first-order chi connectivity index (χ1) is 13.4. The van der Waals surface area contributed by atoms with Crippen LogP contribution >= 0.6 is 23.4 Å². The van der Waals surface area contributed by atoms with Crippen LogP contribution < -0.4 is 5.32 Å². The molecule has 0 radical (unpaired) electrons. The second kappa shape index (κ2) is 8.80. The molecule has 1 heterocycles. The van der Waals surface area contributed by atoms with Crippen molar-refractivity contribution in [1.29, 1.82) is 0 Å². The van der Waals surface area contributed by atoms with E-state index in [9.17, 15) is 4.79 Å². The van der Waals surface area contributed by atoms with Crippen LogP contribution in [0.25, 0.3) is 5.69 Å². The molecule has 0 bridgehead atoms. The van der Waals surface area contributed by atoms with Crippen LogP contribution in [0.1, 0.15) is 35.5 Å². The van der Waals surface area contributed by atoms with E-state index >= 15 is 0 Å². The Morgan fingerprint density at radius 3 is 2.68 bits per heavy atom. The zero-order valence-electron chi connectivity index (χ0n) is 16.4. The lowest BCUT2D eigenvalue weighted by molar-refractivity contribution is -0.119. The molecule has 1 amide bonds. The van der Waals surface area contributed by atoms with Crippen molar-refractivity contribution in [1.82, 2.24) is 20.1 Å². The average molecular weight is 415 g/mol. The van der Waals surface area contributed by atoms with Crippen LogP contribution in [0.15, 0.2) is 47.6 Å². The molecule has 28 heavy (non-hydrogen) atoms. The molecule has 2 aromatic carbocycles. The number of nitrogens with one attached hydrogen (secondary N) is 1. The molecule has 1 atom stereocenters. The molecule has 1 N–H and O–H groups in total. The summed E-state index contributed by atoms with van der Waals surface area (Å²) >= 11 is 7.59.